The molecule has 100 valence electrons. The molecule has 0 aliphatic heterocycles. The van der Waals surface area contributed by atoms with Gasteiger partial charge in [0.25, 0.3) is 0 Å². The molecule has 0 amide bonds. The number of halogens is 1. The number of phenols is 1. The van der Waals surface area contributed by atoms with Crippen molar-refractivity contribution in [3.05, 3.63) is 58.1 Å². The van der Waals surface area contributed by atoms with Crippen LogP contribution in [0.2, 0.25) is 5.02 Å². The van der Waals surface area contributed by atoms with Gasteiger partial charge in [-0.1, -0.05) is 41.4 Å². The second kappa shape index (κ2) is 5.54. The number of aromatic hydroxyl groups is 1. The zero-order valence-electron chi connectivity index (χ0n) is 11.4. The summed E-state index contributed by atoms with van der Waals surface area (Å²) in [5.41, 5.74) is 4.46. The van der Waals surface area contributed by atoms with Crippen LogP contribution in [0.4, 0.5) is 5.69 Å². The molecule has 0 heterocycles. The van der Waals surface area contributed by atoms with Gasteiger partial charge in [-0.3, -0.25) is 0 Å². The first kappa shape index (κ1) is 13.8. The molecule has 0 spiro atoms. The Labute approximate surface area is 119 Å². The number of phenolic OH excluding ortho intramolecular Hbond substituents is 1. The van der Waals surface area contributed by atoms with Crippen molar-refractivity contribution in [2.75, 3.05) is 11.9 Å². The lowest BCUT2D eigenvalue weighted by molar-refractivity contribution is 0.468. The molecule has 2 aromatic rings. The van der Waals surface area contributed by atoms with E-state index in [4.69, 9.17) is 11.6 Å². The quantitative estimate of drug-likeness (QED) is 0.903. The minimum Gasteiger partial charge on any atom is -0.506 e. The lowest BCUT2D eigenvalue weighted by Crippen LogP contribution is -2.17. The van der Waals surface area contributed by atoms with Crippen LogP contribution in [-0.4, -0.2) is 12.2 Å². The van der Waals surface area contributed by atoms with Crippen LogP contribution in [0.5, 0.6) is 5.75 Å². The maximum Gasteiger partial charge on any atom is 0.139 e. The van der Waals surface area contributed by atoms with E-state index in [1.165, 1.54) is 11.1 Å². The van der Waals surface area contributed by atoms with Crippen LogP contribution in [0.25, 0.3) is 0 Å². The lowest BCUT2D eigenvalue weighted by Gasteiger charge is -2.22. The normalized spacial score (nSPS) is 10.5. The molecular weight excluding hydrogens is 258 g/mol. The Balaban J connectivity index is 2.25. The van der Waals surface area contributed by atoms with E-state index in [-0.39, 0.29) is 5.75 Å². The summed E-state index contributed by atoms with van der Waals surface area (Å²) >= 11 is 5.93. The number of hydrogen-bond donors (Lipinski definition) is 1. The minimum absolute atomic E-state index is 0.167. The number of para-hydroxylation sites is 1. The zero-order valence-corrected chi connectivity index (χ0v) is 12.2. The fourth-order valence-electron chi connectivity index (χ4n) is 2.26. The van der Waals surface area contributed by atoms with Crippen LogP contribution in [0.1, 0.15) is 16.7 Å². The molecule has 2 aromatic carbocycles. The van der Waals surface area contributed by atoms with Gasteiger partial charge in [0.1, 0.15) is 5.75 Å². The summed E-state index contributed by atoms with van der Waals surface area (Å²) in [5.74, 6) is 0.167. The predicted molar refractivity (Wildman–Crippen MR) is 81.1 cm³/mol. The van der Waals surface area contributed by atoms with Crippen LogP contribution in [0, 0.1) is 13.8 Å². The lowest BCUT2D eigenvalue weighted by atomic mass is 10.1. The first-order chi connectivity index (χ1) is 8.99. The second-order valence-corrected chi connectivity index (χ2v) is 5.30. The first-order valence-electron chi connectivity index (χ1n) is 6.24. The van der Waals surface area contributed by atoms with E-state index in [9.17, 15) is 5.11 Å². The molecule has 0 saturated carbocycles. The van der Waals surface area contributed by atoms with Crippen molar-refractivity contribution < 1.29 is 5.11 Å². The first-order valence-corrected chi connectivity index (χ1v) is 6.61. The Bertz CT molecular complexity index is 595. The number of aryl methyl sites for hydroxylation is 2. The molecule has 0 saturated heterocycles. The van der Waals surface area contributed by atoms with Gasteiger partial charge >= 0.3 is 0 Å². The van der Waals surface area contributed by atoms with Crippen molar-refractivity contribution in [1.82, 2.24) is 0 Å². The van der Waals surface area contributed by atoms with Gasteiger partial charge in [-0.15, -0.1) is 0 Å². The van der Waals surface area contributed by atoms with E-state index < -0.39 is 0 Å². The number of hydrogen-bond acceptors (Lipinski definition) is 2. The summed E-state index contributed by atoms with van der Waals surface area (Å²) in [4.78, 5) is 2.11. The van der Waals surface area contributed by atoms with Gasteiger partial charge in [0, 0.05) is 24.8 Å². The molecule has 0 aliphatic rings. The van der Waals surface area contributed by atoms with Crippen molar-refractivity contribution in [3.63, 3.8) is 0 Å². The van der Waals surface area contributed by atoms with Crippen LogP contribution >= 0.6 is 11.6 Å². The predicted octanol–water partition coefficient (Wildman–Crippen LogP) is 4.30. The number of benzene rings is 2. The third-order valence-corrected chi connectivity index (χ3v) is 3.55. The Morgan fingerprint density at radius 2 is 1.89 bits per heavy atom. The Kier molecular flexibility index (Phi) is 4.01. The molecule has 3 heteroatoms. The van der Waals surface area contributed by atoms with Gasteiger partial charge in [-0.25, -0.2) is 0 Å². The van der Waals surface area contributed by atoms with Gasteiger partial charge in [0.05, 0.1) is 5.02 Å². The fourth-order valence-corrected chi connectivity index (χ4v) is 2.46. The Hall–Kier alpha value is -1.67. The third-order valence-electron chi connectivity index (χ3n) is 3.24. The molecule has 0 aromatic heterocycles. The minimum atomic E-state index is 0.167. The highest BCUT2D eigenvalue weighted by molar-refractivity contribution is 6.32. The number of rotatable bonds is 3. The van der Waals surface area contributed by atoms with Crippen molar-refractivity contribution in [2.24, 2.45) is 0 Å². The van der Waals surface area contributed by atoms with E-state index in [0.29, 0.717) is 11.6 Å². The van der Waals surface area contributed by atoms with Crippen LogP contribution < -0.4 is 4.90 Å². The maximum atomic E-state index is 9.95. The summed E-state index contributed by atoms with van der Waals surface area (Å²) in [7, 11) is 2.01. The van der Waals surface area contributed by atoms with Crippen LogP contribution in [-0.2, 0) is 6.54 Å². The van der Waals surface area contributed by atoms with Crippen molar-refractivity contribution in [1.29, 1.82) is 0 Å². The zero-order chi connectivity index (χ0) is 14.0. The van der Waals surface area contributed by atoms with E-state index in [1.54, 1.807) is 6.07 Å². The summed E-state index contributed by atoms with van der Waals surface area (Å²) in [6.07, 6.45) is 0. The highest BCUT2D eigenvalue weighted by Crippen LogP contribution is 2.29. The van der Waals surface area contributed by atoms with E-state index in [2.05, 4.69) is 36.9 Å². The van der Waals surface area contributed by atoms with Gasteiger partial charge in [-0.05, 0) is 31.5 Å². The number of nitrogens with zero attached hydrogens (tertiary/aromatic N) is 1. The molecular formula is C16H18ClNO. The van der Waals surface area contributed by atoms with E-state index in [1.807, 2.05) is 19.2 Å². The monoisotopic (exact) mass is 275 g/mol. The molecule has 0 bridgehead atoms. The molecule has 0 unspecified atom stereocenters. The largest absolute Gasteiger partial charge is 0.506 e. The highest BCUT2D eigenvalue weighted by Gasteiger charge is 2.10. The third kappa shape index (κ3) is 3.02. The molecule has 0 radical (unpaired) electrons. The SMILES string of the molecule is Cc1ccc(N(C)Cc2cccc(Cl)c2O)c(C)c1. The molecule has 0 fully saturated rings. The summed E-state index contributed by atoms with van der Waals surface area (Å²) in [5, 5.41) is 10.3. The Morgan fingerprint density at radius 1 is 1.16 bits per heavy atom. The number of anilines is 1. The molecule has 2 rings (SSSR count). The van der Waals surface area contributed by atoms with Crippen molar-refractivity contribution in [3.8, 4) is 5.75 Å². The van der Waals surface area contributed by atoms with Crippen molar-refractivity contribution in [2.45, 2.75) is 20.4 Å². The molecule has 2 nitrogen and oxygen atoms in total. The summed E-state index contributed by atoms with van der Waals surface area (Å²) < 4.78 is 0. The van der Waals surface area contributed by atoms with Crippen molar-refractivity contribution >= 4 is 17.3 Å². The average Bonchev–Trinajstić information content (AvgIpc) is 2.34. The standard InChI is InChI=1S/C16H18ClNO/c1-11-7-8-15(12(2)9-11)18(3)10-13-5-4-6-14(17)16(13)19/h4-9,19H,10H2,1-3H3. The van der Waals surface area contributed by atoms with E-state index in [0.717, 1.165) is 11.3 Å². The van der Waals surface area contributed by atoms with Gasteiger partial charge in [0.15, 0.2) is 0 Å². The topological polar surface area (TPSA) is 23.5 Å². The fraction of sp³-hybridized carbons (Fsp3) is 0.250. The van der Waals surface area contributed by atoms with Gasteiger partial charge in [0.2, 0.25) is 0 Å². The van der Waals surface area contributed by atoms with Crippen LogP contribution in [0.3, 0.4) is 0 Å². The molecule has 19 heavy (non-hydrogen) atoms. The van der Waals surface area contributed by atoms with E-state index >= 15 is 0 Å². The Morgan fingerprint density at radius 3 is 2.58 bits per heavy atom. The molecule has 1 N–H and O–H groups in total. The smallest absolute Gasteiger partial charge is 0.139 e. The molecule has 0 aliphatic carbocycles. The second-order valence-electron chi connectivity index (χ2n) is 4.89. The van der Waals surface area contributed by atoms with Gasteiger partial charge in [-0.2, -0.15) is 0 Å². The highest BCUT2D eigenvalue weighted by atomic mass is 35.5. The average molecular weight is 276 g/mol. The summed E-state index contributed by atoms with van der Waals surface area (Å²) in [6.45, 7) is 4.80. The molecule has 0 atom stereocenters. The summed E-state index contributed by atoms with van der Waals surface area (Å²) in [6, 6.07) is 11.8. The van der Waals surface area contributed by atoms with Gasteiger partial charge < -0.3 is 10.0 Å². The van der Waals surface area contributed by atoms with Crippen LogP contribution in [0.15, 0.2) is 36.4 Å². The maximum absolute atomic E-state index is 9.95.